The summed E-state index contributed by atoms with van der Waals surface area (Å²) in [4.78, 5) is 4.79. The molecule has 3 nitrogen and oxygen atoms in total. The van der Waals surface area contributed by atoms with Crippen LogP contribution in [0.25, 0.3) is 0 Å². The Bertz CT molecular complexity index is 575. The van der Waals surface area contributed by atoms with Crippen molar-refractivity contribution in [3.8, 4) is 0 Å². The van der Waals surface area contributed by atoms with Crippen LogP contribution in [0.5, 0.6) is 0 Å². The Morgan fingerprint density at radius 3 is 2.05 bits per heavy atom. The number of piperazine rings is 1. The number of benzene rings is 2. The van der Waals surface area contributed by atoms with Crippen LogP contribution in [-0.4, -0.2) is 31.3 Å². The normalized spacial score (nSPS) is 16.9. The lowest BCUT2D eigenvalue weighted by Gasteiger charge is -2.38. The van der Waals surface area contributed by atoms with Crippen molar-refractivity contribution in [3.05, 3.63) is 60.2 Å². The molecular weight excluding hydrogens is 260 g/mol. The molecule has 0 aromatic heterocycles. The second kappa shape index (κ2) is 6.19. The van der Waals surface area contributed by atoms with Gasteiger partial charge in [0.1, 0.15) is 0 Å². The number of rotatable bonds is 3. The average Bonchev–Trinajstić information content (AvgIpc) is 2.56. The fourth-order valence-corrected chi connectivity index (χ4v) is 2.97. The topological polar surface area (TPSA) is 26.7 Å². The van der Waals surface area contributed by atoms with Crippen molar-refractivity contribution in [1.82, 2.24) is 0 Å². The first-order valence-corrected chi connectivity index (χ1v) is 7.57. The minimum absolute atomic E-state index is 0.423. The Balaban J connectivity index is 1.72. The Hall–Kier alpha value is -2.00. The summed E-state index contributed by atoms with van der Waals surface area (Å²) in [6.07, 6.45) is -0.423. The summed E-state index contributed by atoms with van der Waals surface area (Å²) in [5, 5.41) is 9.93. The van der Waals surface area contributed by atoms with E-state index < -0.39 is 6.10 Å². The van der Waals surface area contributed by atoms with Crippen molar-refractivity contribution < 1.29 is 5.11 Å². The lowest BCUT2D eigenvalue weighted by Crippen LogP contribution is -2.46. The van der Waals surface area contributed by atoms with Gasteiger partial charge in [-0.2, -0.15) is 0 Å². The lowest BCUT2D eigenvalue weighted by molar-refractivity contribution is 0.199. The number of aliphatic hydroxyl groups excluding tert-OH is 1. The molecule has 1 heterocycles. The molecule has 1 saturated heterocycles. The standard InChI is InChI=1S/C18H22N2O/c1-15(21)17-9-5-6-10-18(17)20-13-11-19(12-14-20)16-7-3-2-4-8-16/h2-10,15,21H,11-14H2,1H3. The van der Waals surface area contributed by atoms with Crippen LogP contribution in [0.3, 0.4) is 0 Å². The maximum absolute atomic E-state index is 9.93. The van der Waals surface area contributed by atoms with E-state index in [0.717, 1.165) is 31.7 Å². The van der Waals surface area contributed by atoms with Gasteiger partial charge in [-0.3, -0.25) is 0 Å². The Labute approximate surface area is 126 Å². The number of para-hydroxylation sites is 2. The summed E-state index contributed by atoms with van der Waals surface area (Å²) in [7, 11) is 0. The number of anilines is 2. The Kier molecular flexibility index (Phi) is 4.11. The molecule has 1 N–H and O–H groups in total. The molecule has 2 aromatic rings. The van der Waals surface area contributed by atoms with Gasteiger partial charge < -0.3 is 14.9 Å². The highest BCUT2D eigenvalue weighted by atomic mass is 16.3. The molecular formula is C18H22N2O. The fourth-order valence-electron chi connectivity index (χ4n) is 2.97. The molecule has 1 fully saturated rings. The van der Waals surface area contributed by atoms with E-state index in [2.05, 4.69) is 46.2 Å². The van der Waals surface area contributed by atoms with Crippen molar-refractivity contribution in [2.75, 3.05) is 36.0 Å². The third-order valence-electron chi connectivity index (χ3n) is 4.13. The lowest BCUT2D eigenvalue weighted by atomic mass is 10.1. The molecule has 1 aliphatic heterocycles. The summed E-state index contributed by atoms with van der Waals surface area (Å²) in [5.41, 5.74) is 3.48. The Morgan fingerprint density at radius 2 is 1.38 bits per heavy atom. The second-order valence-corrected chi connectivity index (χ2v) is 5.54. The molecule has 3 rings (SSSR count). The molecule has 1 aliphatic rings. The molecule has 110 valence electrons. The third-order valence-corrected chi connectivity index (χ3v) is 4.13. The predicted octanol–water partition coefficient (Wildman–Crippen LogP) is 3.07. The summed E-state index contributed by atoms with van der Waals surface area (Å²) >= 11 is 0. The van der Waals surface area contributed by atoms with Crippen LogP contribution in [-0.2, 0) is 0 Å². The smallest absolute Gasteiger partial charge is 0.0781 e. The van der Waals surface area contributed by atoms with Crippen molar-refractivity contribution >= 4 is 11.4 Å². The van der Waals surface area contributed by atoms with Gasteiger partial charge in [-0.1, -0.05) is 36.4 Å². The minimum Gasteiger partial charge on any atom is -0.389 e. The maximum atomic E-state index is 9.93. The molecule has 3 heteroatoms. The van der Waals surface area contributed by atoms with Crippen LogP contribution < -0.4 is 9.80 Å². The van der Waals surface area contributed by atoms with Crippen molar-refractivity contribution in [2.45, 2.75) is 13.0 Å². The SMILES string of the molecule is CC(O)c1ccccc1N1CCN(c2ccccc2)CC1. The molecule has 0 aliphatic carbocycles. The number of hydrogen-bond donors (Lipinski definition) is 1. The van der Waals surface area contributed by atoms with E-state index in [9.17, 15) is 5.11 Å². The van der Waals surface area contributed by atoms with E-state index in [1.54, 1.807) is 0 Å². The zero-order valence-electron chi connectivity index (χ0n) is 12.4. The molecule has 0 amide bonds. The summed E-state index contributed by atoms with van der Waals surface area (Å²) in [6, 6.07) is 18.7. The minimum atomic E-state index is -0.423. The first kappa shape index (κ1) is 14.0. The van der Waals surface area contributed by atoms with Gasteiger partial charge in [0, 0.05) is 43.1 Å². The molecule has 1 atom stereocenters. The number of hydrogen-bond acceptors (Lipinski definition) is 3. The molecule has 0 bridgehead atoms. The van der Waals surface area contributed by atoms with E-state index in [-0.39, 0.29) is 0 Å². The molecule has 2 aromatic carbocycles. The van der Waals surface area contributed by atoms with Gasteiger partial charge in [0.05, 0.1) is 6.10 Å². The van der Waals surface area contributed by atoms with Gasteiger partial charge >= 0.3 is 0 Å². The average molecular weight is 282 g/mol. The van der Waals surface area contributed by atoms with E-state index in [1.165, 1.54) is 11.4 Å². The van der Waals surface area contributed by atoms with Crippen LogP contribution in [0.2, 0.25) is 0 Å². The highest BCUT2D eigenvalue weighted by Crippen LogP contribution is 2.27. The van der Waals surface area contributed by atoms with Crippen LogP contribution in [0.4, 0.5) is 11.4 Å². The highest BCUT2D eigenvalue weighted by Gasteiger charge is 2.20. The van der Waals surface area contributed by atoms with Gasteiger partial charge in [0.2, 0.25) is 0 Å². The molecule has 21 heavy (non-hydrogen) atoms. The van der Waals surface area contributed by atoms with Gasteiger partial charge in [0.15, 0.2) is 0 Å². The zero-order valence-corrected chi connectivity index (χ0v) is 12.4. The second-order valence-electron chi connectivity index (χ2n) is 5.54. The van der Waals surface area contributed by atoms with Crippen molar-refractivity contribution in [1.29, 1.82) is 0 Å². The Morgan fingerprint density at radius 1 is 0.810 bits per heavy atom. The number of aliphatic hydroxyl groups is 1. The monoisotopic (exact) mass is 282 g/mol. The molecule has 0 radical (unpaired) electrons. The van der Waals surface area contributed by atoms with Gasteiger partial charge in [-0.15, -0.1) is 0 Å². The largest absolute Gasteiger partial charge is 0.389 e. The van der Waals surface area contributed by atoms with Crippen LogP contribution >= 0.6 is 0 Å². The molecule has 0 spiro atoms. The van der Waals surface area contributed by atoms with Crippen LogP contribution in [0.1, 0.15) is 18.6 Å². The van der Waals surface area contributed by atoms with Crippen LogP contribution in [0, 0.1) is 0 Å². The predicted molar refractivity (Wildman–Crippen MR) is 87.9 cm³/mol. The molecule has 0 saturated carbocycles. The van der Waals surface area contributed by atoms with E-state index in [4.69, 9.17) is 0 Å². The summed E-state index contributed by atoms with van der Waals surface area (Å²) in [5.74, 6) is 0. The zero-order chi connectivity index (χ0) is 14.7. The third kappa shape index (κ3) is 3.03. The first-order chi connectivity index (χ1) is 10.3. The van der Waals surface area contributed by atoms with Crippen LogP contribution in [0.15, 0.2) is 54.6 Å². The summed E-state index contributed by atoms with van der Waals surface area (Å²) in [6.45, 7) is 5.83. The quantitative estimate of drug-likeness (QED) is 0.937. The van der Waals surface area contributed by atoms with Crippen molar-refractivity contribution in [2.24, 2.45) is 0 Å². The van der Waals surface area contributed by atoms with E-state index in [0.29, 0.717) is 0 Å². The maximum Gasteiger partial charge on any atom is 0.0781 e. The van der Waals surface area contributed by atoms with Gasteiger partial charge in [0.25, 0.3) is 0 Å². The van der Waals surface area contributed by atoms with Gasteiger partial charge in [-0.25, -0.2) is 0 Å². The highest BCUT2D eigenvalue weighted by molar-refractivity contribution is 5.56. The molecule has 1 unspecified atom stereocenters. The summed E-state index contributed by atoms with van der Waals surface area (Å²) < 4.78 is 0. The van der Waals surface area contributed by atoms with Gasteiger partial charge in [-0.05, 0) is 25.1 Å². The first-order valence-electron chi connectivity index (χ1n) is 7.57. The number of nitrogens with zero attached hydrogens (tertiary/aromatic N) is 2. The fraction of sp³-hybridized carbons (Fsp3) is 0.333. The van der Waals surface area contributed by atoms with E-state index >= 15 is 0 Å². The van der Waals surface area contributed by atoms with E-state index in [1.807, 2.05) is 25.1 Å². The van der Waals surface area contributed by atoms with Crippen molar-refractivity contribution in [3.63, 3.8) is 0 Å².